The second-order valence-corrected chi connectivity index (χ2v) is 7.33. The Kier molecular flexibility index (Phi) is 8.78. The summed E-state index contributed by atoms with van der Waals surface area (Å²) in [7, 11) is 0. The van der Waals surface area contributed by atoms with Gasteiger partial charge in [0, 0.05) is 18.8 Å². The monoisotopic (exact) mass is 368 g/mol. The van der Waals surface area contributed by atoms with Gasteiger partial charge in [-0.05, 0) is 45.4 Å². The Morgan fingerprint density at radius 3 is 2.65 bits per heavy atom. The van der Waals surface area contributed by atoms with E-state index in [1.165, 1.54) is 0 Å². The first-order valence-corrected chi connectivity index (χ1v) is 9.68. The van der Waals surface area contributed by atoms with Crippen molar-refractivity contribution in [3.8, 4) is 0 Å². The molecule has 26 heavy (non-hydrogen) atoms. The normalized spacial score (nSPS) is 30.4. The maximum atomic E-state index is 10.5. The number of carboxylic acid groups (broad SMARTS) is 1. The summed E-state index contributed by atoms with van der Waals surface area (Å²) in [4.78, 5) is 10.5. The van der Waals surface area contributed by atoms with Crippen molar-refractivity contribution in [3.63, 3.8) is 0 Å². The van der Waals surface area contributed by atoms with Gasteiger partial charge in [0.1, 0.15) is 0 Å². The van der Waals surface area contributed by atoms with Crippen molar-refractivity contribution in [1.29, 1.82) is 0 Å². The topological polar surface area (TPSA) is 96.2 Å². The molecule has 148 valence electrons. The largest absolute Gasteiger partial charge is 0.481 e. The number of carboxylic acids is 1. The molecule has 6 nitrogen and oxygen atoms in total. The van der Waals surface area contributed by atoms with Crippen LogP contribution in [0.1, 0.15) is 58.3 Å². The molecule has 0 saturated carbocycles. The lowest BCUT2D eigenvalue weighted by Crippen LogP contribution is -2.55. The number of hydrogen-bond donors (Lipinski definition) is 3. The van der Waals surface area contributed by atoms with E-state index in [1.54, 1.807) is 13.0 Å². The van der Waals surface area contributed by atoms with Crippen molar-refractivity contribution in [2.75, 3.05) is 0 Å². The number of aliphatic hydroxyl groups excluding tert-OH is 2. The van der Waals surface area contributed by atoms with Crippen LogP contribution >= 0.6 is 0 Å². The second-order valence-electron chi connectivity index (χ2n) is 7.33. The van der Waals surface area contributed by atoms with Crippen molar-refractivity contribution in [2.24, 2.45) is 5.92 Å². The van der Waals surface area contributed by atoms with Crippen LogP contribution in [-0.4, -0.2) is 52.0 Å². The van der Waals surface area contributed by atoms with Crippen LogP contribution in [0.5, 0.6) is 0 Å². The van der Waals surface area contributed by atoms with Gasteiger partial charge in [-0.3, -0.25) is 4.79 Å². The predicted molar refractivity (Wildman–Crippen MR) is 97.6 cm³/mol. The van der Waals surface area contributed by atoms with Crippen LogP contribution in [0.2, 0.25) is 0 Å². The smallest absolute Gasteiger partial charge is 0.303 e. The summed E-state index contributed by atoms with van der Waals surface area (Å²) in [6.07, 6.45) is 12.4. The zero-order chi connectivity index (χ0) is 18.9. The molecule has 2 bridgehead atoms. The van der Waals surface area contributed by atoms with Crippen LogP contribution in [0, 0.1) is 5.92 Å². The average Bonchev–Trinajstić information content (AvgIpc) is 2.55. The standard InChI is InChI=1S/C20H32O6/c1-14(21)7-6-8-15(22)11-12-17-16(18-13-20(25-17)26-18)9-4-2-3-5-10-19(23)24/h2,4,11-12,14-18,20-22H,3,5-10,13H2,1H3,(H,23,24)/b4-2-,12-11+/t14?,15-,16+,17+,18-,20?/m0/s1. The predicted octanol–water partition coefficient (Wildman–Crippen LogP) is 2.79. The van der Waals surface area contributed by atoms with E-state index in [0.29, 0.717) is 19.3 Å². The molecule has 3 N–H and O–H groups in total. The highest BCUT2D eigenvalue weighted by Crippen LogP contribution is 2.40. The lowest BCUT2D eigenvalue weighted by molar-refractivity contribution is -0.337. The number of allylic oxidation sites excluding steroid dienone is 2. The van der Waals surface area contributed by atoms with Crippen LogP contribution in [0.4, 0.5) is 0 Å². The molecule has 0 radical (unpaired) electrons. The molecule has 3 saturated heterocycles. The number of aliphatic hydroxyl groups is 2. The average molecular weight is 368 g/mol. The van der Waals surface area contributed by atoms with Crippen molar-refractivity contribution < 1.29 is 29.6 Å². The van der Waals surface area contributed by atoms with Crippen LogP contribution in [-0.2, 0) is 14.3 Å². The van der Waals surface area contributed by atoms with E-state index >= 15 is 0 Å². The van der Waals surface area contributed by atoms with Crippen molar-refractivity contribution in [2.45, 2.75) is 89.0 Å². The summed E-state index contributed by atoms with van der Waals surface area (Å²) in [6.45, 7) is 1.75. The van der Waals surface area contributed by atoms with Gasteiger partial charge in [0.25, 0.3) is 0 Å². The molecule has 0 aromatic carbocycles. The molecule has 2 unspecified atom stereocenters. The number of aliphatic carboxylic acids is 1. The summed E-state index contributed by atoms with van der Waals surface area (Å²) >= 11 is 0. The Hall–Kier alpha value is -1.21. The quantitative estimate of drug-likeness (QED) is 0.362. The number of carbonyl (C=O) groups is 1. The van der Waals surface area contributed by atoms with E-state index in [0.717, 1.165) is 25.7 Å². The highest BCUT2D eigenvalue weighted by molar-refractivity contribution is 5.66. The van der Waals surface area contributed by atoms with E-state index in [1.807, 2.05) is 12.2 Å². The molecule has 0 spiro atoms. The van der Waals surface area contributed by atoms with Gasteiger partial charge in [0.05, 0.1) is 24.4 Å². The van der Waals surface area contributed by atoms with E-state index in [-0.39, 0.29) is 36.9 Å². The first kappa shape index (κ1) is 21.1. The molecule has 0 aromatic heterocycles. The summed E-state index contributed by atoms with van der Waals surface area (Å²) in [5.41, 5.74) is 0. The summed E-state index contributed by atoms with van der Waals surface area (Å²) in [6, 6.07) is 0. The Labute approximate surface area is 155 Å². The molecule has 3 heterocycles. The highest BCUT2D eigenvalue weighted by atomic mass is 16.7. The summed E-state index contributed by atoms with van der Waals surface area (Å²) < 4.78 is 11.6. The third-order valence-corrected chi connectivity index (χ3v) is 4.94. The fraction of sp³-hybridized carbons (Fsp3) is 0.750. The fourth-order valence-electron chi connectivity index (χ4n) is 3.40. The zero-order valence-electron chi connectivity index (χ0n) is 15.5. The molecule has 0 aromatic rings. The first-order valence-electron chi connectivity index (χ1n) is 9.68. The van der Waals surface area contributed by atoms with Crippen molar-refractivity contribution >= 4 is 5.97 Å². The minimum atomic E-state index is -0.759. The highest BCUT2D eigenvalue weighted by Gasteiger charge is 2.46. The summed E-state index contributed by atoms with van der Waals surface area (Å²) in [5, 5.41) is 28.0. The van der Waals surface area contributed by atoms with Crippen LogP contribution in [0.3, 0.4) is 0 Å². The van der Waals surface area contributed by atoms with Crippen molar-refractivity contribution in [3.05, 3.63) is 24.3 Å². The summed E-state index contributed by atoms with van der Waals surface area (Å²) in [5.74, 6) is -0.540. The van der Waals surface area contributed by atoms with Gasteiger partial charge in [0.15, 0.2) is 6.29 Å². The molecular weight excluding hydrogens is 336 g/mol. The first-order chi connectivity index (χ1) is 12.5. The molecular formula is C20H32O6. The Balaban J connectivity index is 1.75. The SMILES string of the molecule is CC(O)CCC[C@H](O)/C=C/[C@H]1OC2C[C@H](O2)[C@@H]1C/C=C\CCCC(=O)O. The number of rotatable bonds is 12. The van der Waals surface area contributed by atoms with Gasteiger partial charge in [-0.1, -0.05) is 24.3 Å². The Morgan fingerprint density at radius 2 is 1.96 bits per heavy atom. The lowest BCUT2D eigenvalue weighted by Gasteiger charge is -2.49. The Bertz CT molecular complexity index is 481. The van der Waals surface area contributed by atoms with Gasteiger partial charge in [0.2, 0.25) is 0 Å². The molecule has 3 aliphatic heterocycles. The van der Waals surface area contributed by atoms with Gasteiger partial charge in [-0.25, -0.2) is 0 Å². The van der Waals surface area contributed by atoms with Crippen LogP contribution in [0.15, 0.2) is 24.3 Å². The fourth-order valence-corrected chi connectivity index (χ4v) is 3.40. The van der Waals surface area contributed by atoms with Gasteiger partial charge >= 0.3 is 5.97 Å². The zero-order valence-corrected chi connectivity index (χ0v) is 15.5. The number of hydrogen-bond acceptors (Lipinski definition) is 5. The maximum Gasteiger partial charge on any atom is 0.303 e. The van der Waals surface area contributed by atoms with Gasteiger partial charge in [-0.15, -0.1) is 0 Å². The lowest BCUT2D eigenvalue weighted by atomic mass is 9.84. The minimum absolute atomic E-state index is 0.0671. The van der Waals surface area contributed by atoms with Gasteiger partial charge < -0.3 is 24.8 Å². The van der Waals surface area contributed by atoms with Gasteiger partial charge in [-0.2, -0.15) is 0 Å². The third-order valence-electron chi connectivity index (χ3n) is 4.94. The van der Waals surface area contributed by atoms with Crippen LogP contribution in [0.25, 0.3) is 0 Å². The van der Waals surface area contributed by atoms with Crippen molar-refractivity contribution in [1.82, 2.24) is 0 Å². The molecule has 6 heteroatoms. The van der Waals surface area contributed by atoms with E-state index in [9.17, 15) is 15.0 Å². The van der Waals surface area contributed by atoms with Crippen LogP contribution < -0.4 is 0 Å². The number of ether oxygens (including phenoxy) is 2. The van der Waals surface area contributed by atoms with E-state index < -0.39 is 12.1 Å². The van der Waals surface area contributed by atoms with E-state index in [2.05, 4.69) is 6.08 Å². The maximum absolute atomic E-state index is 10.5. The number of fused-ring (bicyclic) bond motifs is 2. The molecule has 0 aliphatic carbocycles. The molecule has 0 amide bonds. The van der Waals surface area contributed by atoms with E-state index in [4.69, 9.17) is 14.6 Å². The Morgan fingerprint density at radius 1 is 1.19 bits per heavy atom. The number of unbranched alkanes of at least 4 members (excludes halogenated alkanes) is 1. The molecule has 3 rings (SSSR count). The molecule has 6 atom stereocenters. The second kappa shape index (κ2) is 10.8. The minimum Gasteiger partial charge on any atom is -0.481 e. The molecule has 3 fully saturated rings. The molecule has 3 aliphatic rings. The third kappa shape index (κ3) is 7.19.